The van der Waals surface area contributed by atoms with Gasteiger partial charge in [-0.3, -0.25) is 0 Å². The molecule has 0 aliphatic heterocycles. The predicted octanol–water partition coefficient (Wildman–Crippen LogP) is 5.35. The molecular formula is C13H6Cl3N. The summed E-state index contributed by atoms with van der Waals surface area (Å²) in [4.78, 5) is 4.49. The van der Waals surface area contributed by atoms with Crippen LogP contribution in [-0.4, -0.2) is 4.98 Å². The third kappa shape index (κ3) is 1.75. The van der Waals surface area contributed by atoms with Crippen LogP contribution in [0.3, 0.4) is 0 Å². The molecule has 0 spiro atoms. The molecule has 0 aliphatic rings. The van der Waals surface area contributed by atoms with Gasteiger partial charge in [-0.1, -0.05) is 53.0 Å². The number of halogens is 3. The highest BCUT2D eigenvalue weighted by Gasteiger charge is 2.08. The summed E-state index contributed by atoms with van der Waals surface area (Å²) in [6.45, 7) is 0. The van der Waals surface area contributed by atoms with Crippen LogP contribution in [0.25, 0.3) is 21.8 Å². The molecule has 0 aliphatic carbocycles. The first-order valence-electron chi connectivity index (χ1n) is 5.00. The molecule has 84 valence electrons. The van der Waals surface area contributed by atoms with Crippen LogP contribution in [0, 0.1) is 0 Å². The minimum atomic E-state index is 0.464. The van der Waals surface area contributed by atoms with Crippen LogP contribution in [-0.2, 0) is 0 Å². The molecule has 0 unspecified atom stereocenters. The van der Waals surface area contributed by atoms with Crippen molar-refractivity contribution in [2.45, 2.75) is 0 Å². The van der Waals surface area contributed by atoms with Crippen molar-refractivity contribution in [3.8, 4) is 0 Å². The molecule has 1 aromatic heterocycles. The highest BCUT2D eigenvalue weighted by Crippen LogP contribution is 2.32. The monoisotopic (exact) mass is 281 g/mol. The molecule has 3 aromatic rings. The van der Waals surface area contributed by atoms with E-state index in [0.29, 0.717) is 20.6 Å². The highest BCUT2D eigenvalue weighted by atomic mass is 35.5. The second kappa shape index (κ2) is 4.02. The van der Waals surface area contributed by atoms with Crippen LogP contribution in [0.4, 0.5) is 0 Å². The zero-order valence-corrected chi connectivity index (χ0v) is 10.8. The second-order valence-corrected chi connectivity index (χ2v) is 4.93. The smallest absolute Gasteiger partial charge is 0.0911 e. The molecule has 0 amide bonds. The summed E-state index contributed by atoms with van der Waals surface area (Å²) in [5.74, 6) is 0. The Morgan fingerprint density at radius 1 is 0.765 bits per heavy atom. The van der Waals surface area contributed by atoms with Crippen LogP contribution >= 0.6 is 34.8 Å². The van der Waals surface area contributed by atoms with E-state index in [0.717, 1.165) is 16.3 Å². The van der Waals surface area contributed by atoms with Gasteiger partial charge in [-0.15, -0.1) is 0 Å². The van der Waals surface area contributed by atoms with Gasteiger partial charge in [0.15, 0.2) is 0 Å². The first-order valence-corrected chi connectivity index (χ1v) is 6.13. The number of benzene rings is 2. The zero-order valence-electron chi connectivity index (χ0n) is 8.55. The lowest BCUT2D eigenvalue weighted by Crippen LogP contribution is -1.85. The maximum atomic E-state index is 6.14. The number of nitrogens with zero attached hydrogens (tertiary/aromatic N) is 1. The Labute approximate surface area is 113 Å². The van der Waals surface area contributed by atoms with E-state index in [1.165, 1.54) is 0 Å². The van der Waals surface area contributed by atoms with Gasteiger partial charge in [0.05, 0.1) is 26.1 Å². The van der Waals surface area contributed by atoms with E-state index >= 15 is 0 Å². The van der Waals surface area contributed by atoms with Crippen molar-refractivity contribution < 1.29 is 0 Å². The van der Waals surface area contributed by atoms with Gasteiger partial charge >= 0.3 is 0 Å². The van der Waals surface area contributed by atoms with Crippen molar-refractivity contribution in [3.63, 3.8) is 0 Å². The Bertz CT molecular complexity index is 737. The first-order chi connectivity index (χ1) is 8.16. The number of pyridine rings is 1. The van der Waals surface area contributed by atoms with Gasteiger partial charge in [-0.25, -0.2) is 4.98 Å². The number of para-hydroxylation sites is 1. The molecule has 0 N–H and O–H groups in total. The van der Waals surface area contributed by atoms with Crippen molar-refractivity contribution in [1.29, 1.82) is 0 Å². The molecule has 3 rings (SSSR count). The van der Waals surface area contributed by atoms with E-state index < -0.39 is 0 Å². The fraction of sp³-hybridized carbons (Fsp3) is 0. The van der Waals surface area contributed by atoms with E-state index in [1.54, 1.807) is 12.1 Å². The van der Waals surface area contributed by atoms with E-state index in [9.17, 15) is 0 Å². The van der Waals surface area contributed by atoms with E-state index in [1.807, 2.05) is 24.3 Å². The maximum Gasteiger partial charge on any atom is 0.0911 e. The van der Waals surface area contributed by atoms with E-state index in [-0.39, 0.29) is 0 Å². The lowest BCUT2D eigenvalue weighted by atomic mass is 10.1. The average Bonchev–Trinajstić information content (AvgIpc) is 2.33. The Balaban J connectivity index is 2.53. The first kappa shape index (κ1) is 11.1. The van der Waals surface area contributed by atoms with Gasteiger partial charge in [0.1, 0.15) is 0 Å². The van der Waals surface area contributed by atoms with Crippen LogP contribution in [0.1, 0.15) is 0 Å². The second-order valence-electron chi connectivity index (χ2n) is 3.73. The molecule has 0 saturated carbocycles. The molecule has 4 heteroatoms. The molecule has 0 saturated heterocycles. The fourth-order valence-electron chi connectivity index (χ4n) is 1.83. The molecule has 17 heavy (non-hydrogen) atoms. The van der Waals surface area contributed by atoms with Crippen molar-refractivity contribution in [2.75, 3.05) is 0 Å². The van der Waals surface area contributed by atoms with Crippen LogP contribution in [0.15, 0.2) is 36.4 Å². The molecule has 0 bridgehead atoms. The summed E-state index contributed by atoms with van der Waals surface area (Å²) < 4.78 is 0. The largest absolute Gasteiger partial charge is 0.245 e. The SMILES string of the molecule is Clc1ccc2cc3cccc(Cl)c3nc2c1Cl. The van der Waals surface area contributed by atoms with Crippen LogP contribution < -0.4 is 0 Å². The lowest BCUT2D eigenvalue weighted by Gasteiger charge is -2.05. The number of rotatable bonds is 0. The summed E-state index contributed by atoms with van der Waals surface area (Å²) in [5.41, 5.74) is 1.42. The molecule has 0 radical (unpaired) electrons. The summed E-state index contributed by atoms with van der Waals surface area (Å²) in [5, 5.41) is 3.52. The number of aromatic nitrogens is 1. The minimum Gasteiger partial charge on any atom is -0.245 e. The van der Waals surface area contributed by atoms with Crippen LogP contribution in [0.2, 0.25) is 15.1 Å². The van der Waals surface area contributed by atoms with E-state index in [2.05, 4.69) is 4.98 Å². The standard InChI is InChI=1S/C13H6Cl3N/c14-9-5-4-8-6-7-2-1-3-10(15)12(7)17-13(8)11(9)16/h1-6H. The predicted molar refractivity (Wildman–Crippen MR) is 74.3 cm³/mol. The number of fused-ring (bicyclic) bond motifs is 2. The molecule has 1 heterocycles. The number of hydrogen-bond donors (Lipinski definition) is 0. The molecule has 0 fully saturated rings. The van der Waals surface area contributed by atoms with Crippen molar-refractivity contribution in [1.82, 2.24) is 4.98 Å². The average molecular weight is 283 g/mol. The molecular weight excluding hydrogens is 277 g/mol. The quantitative estimate of drug-likeness (QED) is 0.507. The zero-order chi connectivity index (χ0) is 12.0. The van der Waals surface area contributed by atoms with Gasteiger partial charge in [0.25, 0.3) is 0 Å². The van der Waals surface area contributed by atoms with Gasteiger partial charge < -0.3 is 0 Å². The van der Waals surface area contributed by atoms with Gasteiger partial charge in [-0.05, 0) is 18.2 Å². The highest BCUT2D eigenvalue weighted by molar-refractivity contribution is 6.45. The van der Waals surface area contributed by atoms with Crippen molar-refractivity contribution in [3.05, 3.63) is 51.5 Å². The Morgan fingerprint density at radius 3 is 2.35 bits per heavy atom. The van der Waals surface area contributed by atoms with E-state index in [4.69, 9.17) is 34.8 Å². The van der Waals surface area contributed by atoms with Gasteiger partial charge in [0, 0.05) is 10.8 Å². The van der Waals surface area contributed by atoms with Crippen molar-refractivity contribution in [2.24, 2.45) is 0 Å². The number of hydrogen-bond acceptors (Lipinski definition) is 1. The Kier molecular flexibility index (Phi) is 2.62. The topological polar surface area (TPSA) is 12.9 Å². The summed E-state index contributed by atoms with van der Waals surface area (Å²) in [6, 6.07) is 11.3. The fourth-order valence-corrected chi connectivity index (χ4v) is 2.42. The summed E-state index contributed by atoms with van der Waals surface area (Å²) >= 11 is 18.2. The third-order valence-corrected chi connectivity index (χ3v) is 3.75. The molecule has 2 aromatic carbocycles. The maximum absolute atomic E-state index is 6.14. The van der Waals surface area contributed by atoms with Gasteiger partial charge in [-0.2, -0.15) is 0 Å². The molecule has 0 atom stereocenters. The van der Waals surface area contributed by atoms with Crippen LogP contribution in [0.5, 0.6) is 0 Å². The molecule has 1 nitrogen and oxygen atoms in total. The van der Waals surface area contributed by atoms with Gasteiger partial charge in [0.2, 0.25) is 0 Å². The third-order valence-electron chi connectivity index (χ3n) is 2.65. The Hall–Kier alpha value is -1.02. The summed E-state index contributed by atoms with van der Waals surface area (Å²) in [7, 11) is 0. The van der Waals surface area contributed by atoms with Crippen molar-refractivity contribution >= 4 is 56.6 Å². The normalized spacial score (nSPS) is 11.2. The Morgan fingerprint density at radius 2 is 1.53 bits per heavy atom. The minimum absolute atomic E-state index is 0.464. The lowest BCUT2D eigenvalue weighted by molar-refractivity contribution is 1.50. The summed E-state index contributed by atoms with van der Waals surface area (Å²) in [6.07, 6.45) is 0.